The van der Waals surface area contributed by atoms with Crippen molar-refractivity contribution in [2.45, 2.75) is 38.5 Å². The minimum Gasteiger partial charge on any atom is -0.481 e. The van der Waals surface area contributed by atoms with E-state index in [2.05, 4.69) is 0 Å². The number of piperidine rings is 1. The van der Waals surface area contributed by atoms with Crippen LogP contribution in [-0.2, 0) is 4.79 Å². The molecule has 1 saturated heterocycles. The van der Waals surface area contributed by atoms with Crippen molar-refractivity contribution in [1.29, 1.82) is 0 Å². The van der Waals surface area contributed by atoms with Crippen molar-refractivity contribution < 1.29 is 19.8 Å². The fourth-order valence-corrected chi connectivity index (χ4v) is 3.26. The Morgan fingerprint density at radius 2 is 1.76 bits per heavy atom. The fourth-order valence-electron chi connectivity index (χ4n) is 3.26. The van der Waals surface area contributed by atoms with Crippen LogP contribution in [0.25, 0.3) is 0 Å². The van der Waals surface area contributed by atoms with Crippen LogP contribution in [-0.4, -0.2) is 40.3 Å². The van der Waals surface area contributed by atoms with E-state index in [4.69, 9.17) is 10.2 Å². The molecule has 0 atom stereocenters. The van der Waals surface area contributed by atoms with Gasteiger partial charge in [-0.2, -0.15) is 0 Å². The van der Waals surface area contributed by atoms with E-state index in [0.717, 1.165) is 25.7 Å². The SMILES string of the molecule is O=C(O)C1CCC2(CCCN(C(=O)O)C2)CC1. The molecule has 2 aliphatic rings. The second-order valence-electron chi connectivity index (χ2n) is 5.42. The maximum Gasteiger partial charge on any atom is 0.407 e. The molecule has 5 heteroatoms. The molecule has 5 nitrogen and oxygen atoms in total. The first kappa shape index (κ1) is 12.2. The van der Waals surface area contributed by atoms with Crippen LogP contribution in [0.5, 0.6) is 0 Å². The number of carboxylic acid groups (broad SMARTS) is 2. The van der Waals surface area contributed by atoms with Gasteiger partial charge in [-0.15, -0.1) is 0 Å². The normalized spacial score (nSPS) is 33.6. The molecule has 2 fully saturated rings. The van der Waals surface area contributed by atoms with Gasteiger partial charge >= 0.3 is 12.1 Å². The number of hydrogen-bond donors (Lipinski definition) is 2. The van der Waals surface area contributed by atoms with Crippen LogP contribution in [0.1, 0.15) is 38.5 Å². The highest BCUT2D eigenvalue weighted by Gasteiger charge is 2.41. The first-order valence-electron chi connectivity index (χ1n) is 6.23. The minimum absolute atomic E-state index is 0.0581. The van der Waals surface area contributed by atoms with Gasteiger partial charge in [-0.25, -0.2) is 4.79 Å². The van der Waals surface area contributed by atoms with Gasteiger partial charge in [-0.05, 0) is 43.9 Å². The Labute approximate surface area is 100 Å². The smallest absolute Gasteiger partial charge is 0.407 e. The first-order chi connectivity index (χ1) is 8.02. The molecule has 0 radical (unpaired) electrons. The topological polar surface area (TPSA) is 77.8 Å². The first-order valence-corrected chi connectivity index (χ1v) is 6.23. The number of carbonyl (C=O) groups is 2. The summed E-state index contributed by atoms with van der Waals surface area (Å²) >= 11 is 0. The fraction of sp³-hybridized carbons (Fsp3) is 0.833. The van der Waals surface area contributed by atoms with E-state index in [1.807, 2.05) is 0 Å². The van der Waals surface area contributed by atoms with Gasteiger partial charge in [0.15, 0.2) is 0 Å². The van der Waals surface area contributed by atoms with Gasteiger partial charge in [-0.1, -0.05) is 0 Å². The van der Waals surface area contributed by atoms with Crippen LogP contribution in [0.15, 0.2) is 0 Å². The van der Waals surface area contributed by atoms with Crippen molar-refractivity contribution in [2.24, 2.45) is 11.3 Å². The zero-order valence-corrected chi connectivity index (χ0v) is 9.89. The molecular formula is C12H19NO4. The van der Waals surface area contributed by atoms with Crippen LogP contribution in [0.4, 0.5) is 4.79 Å². The van der Waals surface area contributed by atoms with Gasteiger partial charge in [0.1, 0.15) is 0 Å². The van der Waals surface area contributed by atoms with Crippen molar-refractivity contribution >= 4 is 12.1 Å². The molecule has 96 valence electrons. The molecule has 2 N–H and O–H groups in total. The molecule has 1 heterocycles. The molecule has 17 heavy (non-hydrogen) atoms. The molecule has 1 aliphatic heterocycles. The Morgan fingerprint density at radius 3 is 2.29 bits per heavy atom. The molecule has 0 aromatic carbocycles. The van der Waals surface area contributed by atoms with E-state index in [1.54, 1.807) is 0 Å². The predicted molar refractivity (Wildman–Crippen MR) is 60.9 cm³/mol. The molecular weight excluding hydrogens is 222 g/mol. The van der Waals surface area contributed by atoms with E-state index < -0.39 is 12.1 Å². The molecule has 0 aromatic heterocycles. The molecule has 1 amide bonds. The largest absolute Gasteiger partial charge is 0.481 e. The quantitative estimate of drug-likeness (QED) is 0.736. The van der Waals surface area contributed by atoms with Crippen LogP contribution >= 0.6 is 0 Å². The Kier molecular flexibility index (Phi) is 3.26. The zero-order valence-electron chi connectivity index (χ0n) is 9.89. The summed E-state index contributed by atoms with van der Waals surface area (Å²) in [7, 11) is 0. The van der Waals surface area contributed by atoms with Crippen LogP contribution in [0.2, 0.25) is 0 Å². The number of carboxylic acids is 1. The summed E-state index contributed by atoms with van der Waals surface area (Å²) in [5.74, 6) is -0.924. The van der Waals surface area contributed by atoms with Gasteiger partial charge < -0.3 is 15.1 Å². The average molecular weight is 241 g/mol. The van der Waals surface area contributed by atoms with Crippen LogP contribution in [0, 0.1) is 11.3 Å². The van der Waals surface area contributed by atoms with Gasteiger partial charge in [0.25, 0.3) is 0 Å². The maximum atomic E-state index is 11.0. The summed E-state index contributed by atoms with van der Waals surface area (Å²) in [5, 5.41) is 18.0. The summed E-state index contributed by atoms with van der Waals surface area (Å²) in [5.41, 5.74) is 0.0581. The van der Waals surface area contributed by atoms with E-state index in [1.165, 1.54) is 4.90 Å². The molecule has 0 bridgehead atoms. The van der Waals surface area contributed by atoms with Gasteiger partial charge in [0, 0.05) is 13.1 Å². The highest BCUT2D eigenvalue weighted by molar-refractivity contribution is 5.70. The number of likely N-dealkylation sites (tertiary alicyclic amines) is 1. The van der Waals surface area contributed by atoms with E-state index >= 15 is 0 Å². The van der Waals surface area contributed by atoms with E-state index in [0.29, 0.717) is 25.9 Å². The standard InChI is InChI=1S/C12H19NO4/c14-10(15)9-2-5-12(6-3-9)4-1-7-13(8-12)11(16)17/h9H,1-8H2,(H,14,15)(H,16,17). The van der Waals surface area contributed by atoms with Crippen molar-refractivity contribution in [3.05, 3.63) is 0 Å². The molecule has 0 unspecified atom stereocenters. The third kappa shape index (κ3) is 2.53. The average Bonchev–Trinajstić information content (AvgIpc) is 2.29. The van der Waals surface area contributed by atoms with Crippen LogP contribution < -0.4 is 0 Å². The molecule has 1 saturated carbocycles. The van der Waals surface area contributed by atoms with Crippen molar-refractivity contribution in [2.75, 3.05) is 13.1 Å². The summed E-state index contributed by atoms with van der Waals surface area (Å²) in [6, 6.07) is 0. The van der Waals surface area contributed by atoms with Gasteiger partial charge in [0.05, 0.1) is 5.92 Å². The zero-order chi connectivity index (χ0) is 12.5. The maximum absolute atomic E-state index is 11.0. The molecule has 1 aliphatic carbocycles. The lowest BCUT2D eigenvalue weighted by molar-refractivity contribution is -0.144. The van der Waals surface area contributed by atoms with Crippen molar-refractivity contribution in [3.8, 4) is 0 Å². The van der Waals surface area contributed by atoms with Gasteiger partial charge in [0.2, 0.25) is 0 Å². The number of aliphatic carboxylic acids is 1. The lowest BCUT2D eigenvalue weighted by Gasteiger charge is -2.45. The Morgan fingerprint density at radius 1 is 1.12 bits per heavy atom. The number of rotatable bonds is 1. The van der Waals surface area contributed by atoms with Crippen LogP contribution in [0.3, 0.4) is 0 Å². The summed E-state index contributed by atoms with van der Waals surface area (Å²) in [6.45, 7) is 1.22. The lowest BCUT2D eigenvalue weighted by Crippen LogP contribution is -2.47. The Bertz CT molecular complexity index is 320. The van der Waals surface area contributed by atoms with E-state index in [9.17, 15) is 9.59 Å². The number of amides is 1. The van der Waals surface area contributed by atoms with E-state index in [-0.39, 0.29) is 11.3 Å². The third-order valence-corrected chi connectivity index (χ3v) is 4.33. The monoisotopic (exact) mass is 241 g/mol. The second-order valence-corrected chi connectivity index (χ2v) is 5.42. The Balaban J connectivity index is 1.97. The summed E-state index contributed by atoms with van der Waals surface area (Å²) < 4.78 is 0. The second kappa shape index (κ2) is 4.55. The summed E-state index contributed by atoms with van der Waals surface area (Å²) in [4.78, 5) is 23.4. The molecule has 2 rings (SSSR count). The van der Waals surface area contributed by atoms with Crippen molar-refractivity contribution in [3.63, 3.8) is 0 Å². The predicted octanol–water partition coefficient (Wildman–Crippen LogP) is 2.02. The van der Waals surface area contributed by atoms with Gasteiger partial charge in [-0.3, -0.25) is 4.79 Å². The third-order valence-electron chi connectivity index (χ3n) is 4.33. The number of nitrogens with zero attached hydrogens (tertiary/aromatic N) is 1. The molecule has 0 aromatic rings. The lowest BCUT2D eigenvalue weighted by atomic mass is 9.66. The summed E-state index contributed by atoms with van der Waals surface area (Å²) in [6.07, 6.45) is 4.21. The number of hydrogen-bond acceptors (Lipinski definition) is 2. The minimum atomic E-state index is -0.843. The van der Waals surface area contributed by atoms with Crippen molar-refractivity contribution in [1.82, 2.24) is 4.90 Å². The molecule has 1 spiro atoms. The highest BCUT2D eigenvalue weighted by atomic mass is 16.4. The highest BCUT2D eigenvalue weighted by Crippen LogP contribution is 2.45. The Hall–Kier alpha value is -1.26.